The Labute approximate surface area is 246 Å². The fourth-order valence-corrected chi connectivity index (χ4v) is 10.4. The van der Waals surface area contributed by atoms with Crippen molar-refractivity contribution in [3.05, 3.63) is 23.3 Å². The quantitative estimate of drug-likeness (QED) is 0.233. The molecule has 0 bridgehead atoms. The van der Waals surface area contributed by atoms with Gasteiger partial charge in [0.05, 0.1) is 7.11 Å². The van der Waals surface area contributed by atoms with Gasteiger partial charge in [-0.3, -0.25) is 0 Å². The van der Waals surface area contributed by atoms with Crippen LogP contribution in [0, 0.1) is 40.4 Å². The molecule has 9 atom stereocenters. The number of carbonyl (C=O) groups excluding carboxylic acids is 1. The number of methoxy groups -OCH3 is 1. The smallest absolute Gasteiger partial charge is 0.337 e. The summed E-state index contributed by atoms with van der Waals surface area (Å²) in [6.45, 7) is 23.0. The van der Waals surface area contributed by atoms with E-state index in [-0.39, 0.29) is 16.4 Å². The van der Waals surface area contributed by atoms with Crippen LogP contribution in [0.1, 0.15) is 113 Å². The fourth-order valence-electron chi connectivity index (χ4n) is 9.04. The number of allylic oxidation sites excluding steroid dienone is 3. The molecule has 3 saturated carbocycles. The van der Waals surface area contributed by atoms with Crippen molar-refractivity contribution in [3.8, 4) is 0 Å². The molecule has 5 heteroatoms. The predicted molar refractivity (Wildman–Crippen MR) is 167 cm³/mol. The van der Waals surface area contributed by atoms with Crippen LogP contribution in [-0.2, 0) is 14.0 Å². The third kappa shape index (κ3) is 5.46. The van der Waals surface area contributed by atoms with Crippen LogP contribution in [0.25, 0.3) is 0 Å². The predicted octanol–water partition coefficient (Wildman–Crippen LogP) is 8.85. The van der Waals surface area contributed by atoms with E-state index in [0.29, 0.717) is 35.2 Å². The largest absolute Gasteiger partial charge is 0.467 e. The van der Waals surface area contributed by atoms with Gasteiger partial charge in [0.1, 0.15) is 0 Å². The van der Waals surface area contributed by atoms with Crippen molar-refractivity contribution >= 4 is 14.3 Å². The highest BCUT2D eigenvalue weighted by Crippen LogP contribution is 2.66. The third-order valence-electron chi connectivity index (χ3n) is 13.2. The lowest BCUT2D eigenvalue weighted by atomic mass is 9.50. The molecule has 0 radical (unpaired) electrons. The molecule has 0 aliphatic heterocycles. The molecule has 228 valence electrons. The van der Waals surface area contributed by atoms with E-state index in [0.717, 1.165) is 19.3 Å². The summed E-state index contributed by atoms with van der Waals surface area (Å²) in [6, 6.07) is 0. The molecule has 0 spiro atoms. The Morgan fingerprint density at radius 3 is 2.33 bits per heavy atom. The standard InChI is InChI=1S/C35H60O4Si/c1-23(12-13-24(2)35(8,37)31(36)38-9)28-16-17-29-27-15-14-25-22-26(39-40(10,11)32(3,4)5)18-20-33(25,6)30(27)19-21-34(28,29)7/h14-15,23-24,26,28-30,37H,12-13,16-22H2,1-11H3/t23-,24+,26+,28-,29+,30+,33+,34-,35?/m1/s1. The van der Waals surface area contributed by atoms with Gasteiger partial charge >= 0.3 is 5.97 Å². The van der Waals surface area contributed by atoms with E-state index in [1.165, 1.54) is 45.6 Å². The van der Waals surface area contributed by atoms with Gasteiger partial charge in [-0.15, -0.1) is 0 Å². The number of carbonyl (C=O) groups is 1. The lowest BCUT2D eigenvalue weighted by molar-refractivity contribution is -0.166. The van der Waals surface area contributed by atoms with Crippen molar-refractivity contribution in [1.29, 1.82) is 0 Å². The van der Waals surface area contributed by atoms with Crippen LogP contribution in [0.2, 0.25) is 18.1 Å². The van der Waals surface area contributed by atoms with Gasteiger partial charge in [0.25, 0.3) is 0 Å². The molecule has 1 N–H and O–H groups in total. The average molecular weight is 573 g/mol. The van der Waals surface area contributed by atoms with E-state index >= 15 is 0 Å². The van der Waals surface area contributed by atoms with Gasteiger partial charge in [-0.2, -0.15) is 0 Å². The van der Waals surface area contributed by atoms with E-state index in [2.05, 4.69) is 66.8 Å². The topological polar surface area (TPSA) is 55.8 Å². The van der Waals surface area contributed by atoms with Crippen molar-refractivity contribution < 1.29 is 19.1 Å². The van der Waals surface area contributed by atoms with Crippen LogP contribution < -0.4 is 0 Å². The Bertz CT molecular complexity index is 1020. The molecule has 0 aromatic rings. The van der Waals surface area contributed by atoms with Gasteiger partial charge < -0.3 is 14.3 Å². The van der Waals surface area contributed by atoms with Crippen LogP contribution in [0.15, 0.2) is 23.3 Å². The highest BCUT2D eigenvalue weighted by Gasteiger charge is 2.57. The first-order chi connectivity index (χ1) is 18.4. The third-order valence-corrected chi connectivity index (χ3v) is 17.7. The first-order valence-corrected chi connectivity index (χ1v) is 19.2. The summed E-state index contributed by atoms with van der Waals surface area (Å²) in [5.41, 5.74) is 2.61. The molecular formula is C35H60O4Si. The Morgan fingerprint density at radius 1 is 1.02 bits per heavy atom. The summed E-state index contributed by atoms with van der Waals surface area (Å²) >= 11 is 0. The second kappa shape index (κ2) is 11.0. The van der Waals surface area contributed by atoms with Crippen LogP contribution in [0.3, 0.4) is 0 Å². The van der Waals surface area contributed by atoms with Crippen molar-refractivity contribution in [2.24, 2.45) is 40.4 Å². The second-order valence-corrected chi connectivity index (χ2v) is 21.2. The highest BCUT2D eigenvalue weighted by atomic mass is 28.4. The van der Waals surface area contributed by atoms with Crippen molar-refractivity contribution in [1.82, 2.24) is 0 Å². The summed E-state index contributed by atoms with van der Waals surface area (Å²) in [4.78, 5) is 12.1. The van der Waals surface area contributed by atoms with E-state index in [9.17, 15) is 9.90 Å². The van der Waals surface area contributed by atoms with Crippen molar-refractivity contribution in [2.75, 3.05) is 7.11 Å². The molecule has 0 saturated heterocycles. The zero-order valence-electron chi connectivity index (χ0n) is 27.7. The molecule has 4 nitrogen and oxygen atoms in total. The van der Waals surface area contributed by atoms with Crippen LogP contribution in [0.5, 0.6) is 0 Å². The second-order valence-electron chi connectivity index (χ2n) is 16.4. The maximum Gasteiger partial charge on any atom is 0.337 e. The van der Waals surface area contributed by atoms with E-state index in [1.54, 1.807) is 18.1 Å². The number of ether oxygens (including phenoxy) is 1. The molecule has 4 aliphatic rings. The molecule has 4 aliphatic carbocycles. The number of rotatable bonds is 8. The molecule has 40 heavy (non-hydrogen) atoms. The number of esters is 1. The molecule has 1 unspecified atom stereocenters. The van der Waals surface area contributed by atoms with Gasteiger partial charge in [0, 0.05) is 6.10 Å². The molecule has 4 rings (SSSR count). The minimum Gasteiger partial charge on any atom is -0.467 e. The highest BCUT2D eigenvalue weighted by molar-refractivity contribution is 6.74. The van der Waals surface area contributed by atoms with Gasteiger partial charge in [-0.1, -0.05) is 78.2 Å². The van der Waals surface area contributed by atoms with Gasteiger partial charge in [0.2, 0.25) is 0 Å². The Kier molecular flexibility index (Phi) is 8.78. The summed E-state index contributed by atoms with van der Waals surface area (Å²) in [6.07, 6.45) is 16.1. The number of aliphatic hydroxyl groups is 1. The number of hydrogen-bond donors (Lipinski definition) is 1. The zero-order chi connectivity index (χ0) is 29.9. The molecule has 0 aromatic carbocycles. The molecule has 0 aromatic heterocycles. The lowest BCUT2D eigenvalue weighted by Crippen LogP contribution is -2.49. The van der Waals surface area contributed by atoms with Gasteiger partial charge in [-0.25, -0.2) is 4.79 Å². The summed E-state index contributed by atoms with van der Waals surface area (Å²) in [5.74, 6) is 2.00. The number of hydrogen-bond acceptors (Lipinski definition) is 4. The Hall–Kier alpha value is -0.913. The zero-order valence-corrected chi connectivity index (χ0v) is 28.7. The first kappa shape index (κ1) is 32.0. The van der Waals surface area contributed by atoms with E-state index in [1.807, 2.05) is 6.92 Å². The molecule has 0 amide bonds. The van der Waals surface area contributed by atoms with Crippen molar-refractivity contribution in [3.63, 3.8) is 0 Å². The van der Waals surface area contributed by atoms with Crippen LogP contribution in [0.4, 0.5) is 0 Å². The van der Waals surface area contributed by atoms with Crippen molar-refractivity contribution in [2.45, 2.75) is 143 Å². The summed E-state index contributed by atoms with van der Waals surface area (Å²) < 4.78 is 11.8. The number of fused-ring (bicyclic) bond motifs is 5. The SMILES string of the molecule is COC(=O)C(C)(O)[C@@H](C)CC[C@@H](C)[C@H]1CC[C@H]2C3=CC=C4C[C@@H](O[Si](C)(C)C(C)(C)C)CC[C@]4(C)[C@H]3CC[C@]12C. The Balaban J connectivity index is 1.46. The molecule has 0 heterocycles. The monoisotopic (exact) mass is 572 g/mol. The summed E-state index contributed by atoms with van der Waals surface area (Å²) in [7, 11) is -0.409. The van der Waals surface area contributed by atoms with Crippen LogP contribution in [-0.4, -0.2) is 38.2 Å². The lowest BCUT2D eigenvalue weighted by Gasteiger charge is -2.56. The van der Waals surface area contributed by atoms with Crippen LogP contribution >= 0.6 is 0 Å². The summed E-state index contributed by atoms with van der Waals surface area (Å²) in [5, 5.41) is 11.0. The van der Waals surface area contributed by atoms with Gasteiger partial charge in [0.15, 0.2) is 13.9 Å². The molecular weight excluding hydrogens is 512 g/mol. The first-order valence-electron chi connectivity index (χ1n) is 16.3. The van der Waals surface area contributed by atoms with E-state index in [4.69, 9.17) is 9.16 Å². The normalized spacial score (nSPS) is 37.2. The molecule has 3 fully saturated rings. The fraction of sp³-hybridized carbons (Fsp3) is 0.857. The maximum atomic E-state index is 12.1. The van der Waals surface area contributed by atoms with E-state index < -0.39 is 19.9 Å². The average Bonchev–Trinajstić information content (AvgIpc) is 3.23. The van der Waals surface area contributed by atoms with Gasteiger partial charge in [-0.05, 0) is 117 Å². The minimum atomic E-state index is -1.77. The minimum absolute atomic E-state index is 0.122. The Morgan fingerprint density at radius 2 is 1.70 bits per heavy atom. The maximum absolute atomic E-state index is 12.1.